The molecule has 3 rings (SSSR count). The molecule has 0 bridgehead atoms. The van der Waals surface area contributed by atoms with E-state index in [4.69, 9.17) is 23.8 Å². The van der Waals surface area contributed by atoms with E-state index in [0.717, 1.165) is 16.8 Å². The van der Waals surface area contributed by atoms with Gasteiger partial charge in [-0.2, -0.15) is 0 Å². The zero-order chi connectivity index (χ0) is 18.0. The smallest absolute Gasteiger partial charge is 0.212 e. The van der Waals surface area contributed by atoms with Gasteiger partial charge >= 0.3 is 0 Å². The monoisotopic (exact) mass is 388 g/mol. The molecule has 1 aromatic heterocycles. The summed E-state index contributed by atoms with van der Waals surface area (Å²) in [5.74, 6) is 0.133. The molecular weight excluding hydrogens is 372 g/mol. The molecule has 25 heavy (non-hydrogen) atoms. The van der Waals surface area contributed by atoms with Crippen LogP contribution in [0.4, 0.5) is 5.69 Å². The van der Waals surface area contributed by atoms with Crippen molar-refractivity contribution in [1.82, 2.24) is 4.57 Å². The number of hydrogen-bond donors (Lipinski definition) is 1. The molecule has 128 valence electrons. The van der Waals surface area contributed by atoms with Crippen molar-refractivity contribution in [2.24, 2.45) is 4.99 Å². The summed E-state index contributed by atoms with van der Waals surface area (Å²) in [5.41, 5.74) is 2.82. The first kappa shape index (κ1) is 17.9. The minimum Gasteiger partial charge on any atom is -0.493 e. The molecule has 1 atom stereocenters. The van der Waals surface area contributed by atoms with Crippen molar-refractivity contribution in [3.8, 4) is 5.88 Å². The van der Waals surface area contributed by atoms with Gasteiger partial charge < -0.3 is 5.11 Å². The Balaban J connectivity index is 1.93. The topological polar surface area (TPSA) is 37.5 Å². The summed E-state index contributed by atoms with van der Waals surface area (Å²) in [6, 6.07) is 15.5. The summed E-state index contributed by atoms with van der Waals surface area (Å²) in [4.78, 5) is 5.04. The molecule has 3 aromatic rings. The van der Waals surface area contributed by atoms with Gasteiger partial charge in [0.1, 0.15) is 4.88 Å². The van der Waals surface area contributed by atoms with Gasteiger partial charge in [0.15, 0.2) is 3.95 Å². The Bertz CT molecular complexity index is 977. The second kappa shape index (κ2) is 7.52. The quantitative estimate of drug-likeness (QED) is 0.420. The number of aromatic hydroxyl groups is 1. The van der Waals surface area contributed by atoms with Crippen LogP contribution in [0.25, 0.3) is 0 Å². The first-order valence-corrected chi connectivity index (χ1v) is 9.37. The fourth-order valence-corrected chi connectivity index (χ4v) is 4.01. The van der Waals surface area contributed by atoms with Gasteiger partial charge in [0, 0.05) is 5.02 Å². The summed E-state index contributed by atoms with van der Waals surface area (Å²) in [5, 5.41) is 11.3. The van der Waals surface area contributed by atoms with E-state index in [1.807, 2.05) is 56.3 Å². The van der Waals surface area contributed by atoms with Crippen LogP contribution in [-0.4, -0.2) is 15.9 Å². The normalized spacial score (nSPS) is 12.6. The molecule has 0 spiro atoms. The highest BCUT2D eigenvalue weighted by Crippen LogP contribution is 2.32. The molecule has 0 aliphatic carbocycles. The highest BCUT2D eigenvalue weighted by molar-refractivity contribution is 7.73. The van der Waals surface area contributed by atoms with Crippen molar-refractivity contribution < 1.29 is 5.11 Å². The third-order valence-electron chi connectivity index (χ3n) is 4.00. The second-order valence-electron chi connectivity index (χ2n) is 5.70. The first-order chi connectivity index (χ1) is 12.0. The van der Waals surface area contributed by atoms with Gasteiger partial charge in [0.25, 0.3) is 0 Å². The van der Waals surface area contributed by atoms with Crippen LogP contribution >= 0.6 is 35.2 Å². The number of halogens is 1. The number of thiazole rings is 1. The molecule has 0 saturated heterocycles. The molecule has 0 saturated carbocycles. The van der Waals surface area contributed by atoms with Crippen molar-refractivity contribution in [3.63, 3.8) is 0 Å². The molecule has 0 aliphatic rings. The fraction of sp³-hybridized carbons (Fsp3) is 0.158. The molecule has 6 heteroatoms. The zero-order valence-electron chi connectivity index (χ0n) is 13.8. The number of rotatable bonds is 4. The lowest BCUT2D eigenvalue weighted by atomic mass is 10.1. The van der Waals surface area contributed by atoms with Gasteiger partial charge in [-0.25, -0.2) is 0 Å². The van der Waals surface area contributed by atoms with E-state index < -0.39 is 0 Å². The summed E-state index contributed by atoms with van der Waals surface area (Å²) >= 11 is 12.9. The molecule has 0 radical (unpaired) electrons. The molecule has 3 nitrogen and oxygen atoms in total. The predicted octanol–water partition coefficient (Wildman–Crippen LogP) is 6.31. The predicted molar refractivity (Wildman–Crippen MR) is 109 cm³/mol. The van der Waals surface area contributed by atoms with E-state index in [2.05, 4.69) is 4.99 Å². The van der Waals surface area contributed by atoms with E-state index >= 15 is 0 Å². The van der Waals surface area contributed by atoms with Crippen molar-refractivity contribution in [2.45, 2.75) is 19.9 Å². The van der Waals surface area contributed by atoms with Crippen LogP contribution in [0.2, 0.25) is 5.02 Å². The average Bonchev–Trinajstić information content (AvgIpc) is 2.90. The van der Waals surface area contributed by atoms with Gasteiger partial charge in [-0.1, -0.05) is 59.3 Å². The minimum atomic E-state index is -0.0547. The average molecular weight is 389 g/mol. The van der Waals surface area contributed by atoms with E-state index in [1.54, 1.807) is 16.8 Å². The number of aromatic nitrogens is 1. The Morgan fingerprint density at radius 1 is 1.24 bits per heavy atom. The third-order valence-corrected chi connectivity index (χ3v) is 5.73. The largest absolute Gasteiger partial charge is 0.493 e. The molecular formula is C19H17ClN2OS2. The zero-order valence-corrected chi connectivity index (χ0v) is 16.2. The van der Waals surface area contributed by atoms with E-state index in [-0.39, 0.29) is 11.9 Å². The van der Waals surface area contributed by atoms with Gasteiger partial charge in [-0.15, -0.1) is 0 Å². The first-order valence-electron chi connectivity index (χ1n) is 7.77. The van der Waals surface area contributed by atoms with E-state index in [1.165, 1.54) is 11.3 Å². The van der Waals surface area contributed by atoms with Crippen molar-refractivity contribution >= 4 is 47.1 Å². The molecule has 0 amide bonds. The van der Waals surface area contributed by atoms with Gasteiger partial charge in [-0.3, -0.25) is 9.56 Å². The number of aliphatic imine (C=N–C) groups is 1. The molecule has 1 heterocycles. The van der Waals surface area contributed by atoms with E-state index in [9.17, 15) is 5.11 Å². The highest BCUT2D eigenvalue weighted by atomic mass is 35.5. The lowest BCUT2D eigenvalue weighted by Crippen LogP contribution is -2.06. The SMILES string of the molecule is Cc1ccc(N=Cc2sc(=S)n([C@@H](C)c3ccccc3)c2O)cc1Cl. The number of aryl methyl sites for hydroxylation is 1. The Morgan fingerprint density at radius 2 is 1.96 bits per heavy atom. The van der Waals surface area contributed by atoms with Crippen LogP contribution < -0.4 is 0 Å². The minimum absolute atomic E-state index is 0.0547. The Kier molecular flexibility index (Phi) is 5.37. The third kappa shape index (κ3) is 3.84. The van der Waals surface area contributed by atoms with Crippen LogP contribution in [0.3, 0.4) is 0 Å². The standard InChI is InChI=1S/C19H17ClN2OS2/c1-12-8-9-15(10-16(12)20)21-11-17-18(23)22(19(24)25-17)13(2)14-6-4-3-5-7-14/h3-11,13,23H,1-2H3/t13-/m0/s1. The maximum atomic E-state index is 10.6. The van der Waals surface area contributed by atoms with Crippen LogP contribution in [0.1, 0.15) is 29.0 Å². The molecule has 0 unspecified atom stereocenters. The van der Waals surface area contributed by atoms with Crippen molar-refractivity contribution in [3.05, 3.63) is 73.5 Å². The maximum Gasteiger partial charge on any atom is 0.212 e. The Hall–Kier alpha value is -1.95. The Morgan fingerprint density at radius 3 is 2.64 bits per heavy atom. The summed E-state index contributed by atoms with van der Waals surface area (Å²) in [6.07, 6.45) is 1.63. The number of nitrogens with zero attached hydrogens (tertiary/aromatic N) is 2. The van der Waals surface area contributed by atoms with Gasteiger partial charge in [0.2, 0.25) is 5.88 Å². The van der Waals surface area contributed by atoms with Crippen molar-refractivity contribution in [2.75, 3.05) is 0 Å². The van der Waals surface area contributed by atoms with E-state index in [0.29, 0.717) is 13.9 Å². The molecule has 1 N–H and O–H groups in total. The maximum absolute atomic E-state index is 10.6. The summed E-state index contributed by atoms with van der Waals surface area (Å²) in [6.45, 7) is 3.95. The highest BCUT2D eigenvalue weighted by Gasteiger charge is 2.16. The van der Waals surface area contributed by atoms with Crippen LogP contribution in [-0.2, 0) is 0 Å². The molecule has 0 fully saturated rings. The molecule has 2 aromatic carbocycles. The summed E-state index contributed by atoms with van der Waals surface area (Å²) < 4.78 is 2.36. The van der Waals surface area contributed by atoms with Gasteiger partial charge in [-0.05, 0) is 49.3 Å². The number of hydrogen-bond acceptors (Lipinski definition) is 4. The lowest BCUT2D eigenvalue weighted by Gasteiger charge is -2.14. The summed E-state index contributed by atoms with van der Waals surface area (Å²) in [7, 11) is 0. The van der Waals surface area contributed by atoms with Crippen LogP contribution in [0.15, 0.2) is 53.5 Å². The Labute approximate surface area is 160 Å². The van der Waals surface area contributed by atoms with Crippen molar-refractivity contribution in [1.29, 1.82) is 0 Å². The molecule has 0 aliphatic heterocycles. The van der Waals surface area contributed by atoms with Crippen LogP contribution in [0.5, 0.6) is 5.88 Å². The second-order valence-corrected chi connectivity index (χ2v) is 7.79. The van der Waals surface area contributed by atoms with Crippen LogP contribution in [0, 0.1) is 10.9 Å². The number of benzene rings is 2. The lowest BCUT2D eigenvalue weighted by molar-refractivity contribution is 0.405. The fourth-order valence-electron chi connectivity index (χ4n) is 2.50. The van der Waals surface area contributed by atoms with Gasteiger partial charge in [0.05, 0.1) is 17.9 Å².